The van der Waals surface area contributed by atoms with Crippen LogP contribution < -0.4 is 4.74 Å². The molecule has 0 aliphatic heterocycles. The van der Waals surface area contributed by atoms with Crippen molar-refractivity contribution in [2.45, 2.75) is 26.0 Å². The molecule has 1 atom stereocenters. The quantitative estimate of drug-likeness (QED) is 0.822. The lowest BCUT2D eigenvalue weighted by Gasteiger charge is -2.07. The van der Waals surface area contributed by atoms with Crippen LogP contribution in [0.4, 0.5) is 0 Å². The predicted molar refractivity (Wildman–Crippen MR) is 87.1 cm³/mol. The van der Waals surface area contributed by atoms with E-state index in [-0.39, 0.29) is 0 Å². The first-order chi connectivity index (χ1) is 10.1. The number of methoxy groups -OCH3 is 1. The molecule has 0 radical (unpaired) electrons. The first kappa shape index (κ1) is 15.7. The van der Waals surface area contributed by atoms with E-state index < -0.39 is 10.8 Å². The molecule has 1 aromatic carbocycles. The van der Waals surface area contributed by atoms with E-state index >= 15 is 0 Å². The number of pyridine rings is 1. The first-order valence-corrected chi connectivity index (χ1v) is 8.48. The topological polar surface area (TPSA) is 39.2 Å². The van der Waals surface area contributed by atoms with E-state index in [1.165, 1.54) is 5.56 Å². The Bertz CT molecular complexity index is 623. The SMILES string of the molecule is COc1ccc(CC[S@@](=O)Cc2ccc(C)nc2C)cc1. The van der Waals surface area contributed by atoms with Crippen molar-refractivity contribution >= 4 is 10.8 Å². The first-order valence-electron chi connectivity index (χ1n) is 6.99. The van der Waals surface area contributed by atoms with E-state index in [2.05, 4.69) is 4.98 Å². The summed E-state index contributed by atoms with van der Waals surface area (Å²) < 4.78 is 17.3. The van der Waals surface area contributed by atoms with Gasteiger partial charge in [-0.2, -0.15) is 0 Å². The van der Waals surface area contributed by atoms with Crippen molar-refractivity contribution < 1.29 is 8.95 Å². The lowest BCUT2D eigenvalue weighted by atomic mass is 10.2. The molecule has 0 spiro atoms. The zero-order valence-electron chi connectivity index (χ0n) is 12.8. The lowest BCUT2D eigenvalue weighted by Crippen LogP contribution is -2.06. The van der Waals surface area contributed by atoms with Crippen molar-refractivity contribution in [3.05, 3.63) is 58.9 Å². The standard InChI is InChI=1S/C17H21NO2S/c1-13-4-7-16(14(2)18-13)12-21(19)11-10-15-5-8-17(20-3)9-6-15/h4-9H,10-12H2,1-3H3/t21-/m1/s1. The van der Waals surface area contributed by atoms with Crippen LogP contribution >= 0.6 is 0 Å². The minimum absolute atomic E-state index is 0.579. The fourth-order valence-electron chi connectivity index (χ4n) is 2.14. The van der Waals surface area contributed by atoms with Crippen LogP contribution in [-0.4, -0.2) is 22.1 Å². The van der Waals surface area contributed by atoms with Crippen LogP contribution in [0.2, 0.25) is 0 Å². The minimum Gasteiger partial charge on any atom is -0.497 e. The number of aromatic nitrogens is 1. The van der Waals surface area contributed by atoms with Crippen LogP contribution in [0.15, 0.2) is 36.4 Å². The summed E-state index contributed by atoms with van der Waals surface area (Å²) in [4.78, 5) is 4.42. The minimum atomic E-state index is -0.867. The fraction of sp³-hybridized carbons (Fsp3) is 0.353. The van der Waals surface area contributed by atoms with E-state index in [0.29, 0.717) is 11.5 Å². The molecule has 0 aliphatic rings. The molecule has 0 N–H and O–H groups in total. The summed E-state index contributed by atoms with van der Waals surface area (Å²) in [7, 11) is 0.788. The van der Waals surface area contributed by atoms with Crippen molar-refractivity contribution in [1.29, 1.82) is 0 Å². The molecule has 0 saturated carbocycles. The molecule has 21 heavy (non-hydrogen) atoms. The Kier molecular flexibility index (Phi) is 5.51. The zero-order valence-corrected chi connectivity index (χ0v) is 13.6. The summed E-state index contributed by atoms with van der Waals surface area (Å²) in [6, 6.07) is 11.9. The Hall–Kier alpha value is -1.68. The molecule has 0 amide bonds. The second-order valence-corrected chi connectivity index (χ2v) is 6.66. The van der Waals surface area contributed by atoms with E-state index in [4.69, 9.17) is 4.74 Å². The third-order valence-corrected chi connectivity index (χ3v) is 4.72. The lowest BCUT2D eigenvalue weighted by molar-refractivity contribution is 0.414. The summed E-state index contributed by atoms with van der Waals surface area (Å²) in [5.74, 6) is 2.09. The van der Waals surface area contributed by atoms with Crippen LogP contribution in [0.25, 0.3) is 0 Å². The maximum atomic E-state index is 12.2. The highest BCUT2D eigenvalue weighted by atomic mass is 32.2. The zero-order chi connectivity index (χ0) is 15.2. The third-order valence-electron chi connectivity index (χ3n) is 3.43. The van der Waals surface area contributed by atoms with Crippen LogP contribution in [0.5, 0.6) is 5.75 Å². The van der Waals surface area contributed by atoms with Gasteiger partial charge in [0, 0.05) is 27.9 Å². The molecule has 4 heteroatoms. The van der Waals surface area contributed by atoms with E-state index in [9.17, 15) is 4.21 Å². The molecule has 3 nitrogen and oxygen atoms in total. The highest BCUT2D eigenvalue weighted by Crippen LogP contribution is 2.13. The van der Waals surface area contributed by atoms with E-state index in [1.54, 1.807) is 7.11 Å². The largest absolute Gasteiger partial charge is 0.497 e. The maximum absolute atomic E-state index is 12.2. The molecule has 0 fully saturated rings. The van der Waals surface area contributed by atoms with Gasteiger partial charge >= 0.3 is 0 Å². The smallest absolute Gasteiger partial charge is 0.118 e. The van der Waals surface area contributed by atoms with Crippen LogP contribution in [0.1, 0.15) is 22.5 Å². The Morgan fingerprint density at radius 3 is 2.43 bits per heavy atom. The summed E-state index contributed by atoms with van der Waals surface area (Å²) in [6.45, 7) is 3.94. The van der Waals surface area contributed by atoms with E-state index in [0.717, 1.165) is 29.1 Å². The van der Waals surface area contributed by atoms with Gasteiger partial charge < -0.3 is 4.74 Å². The van der Waals surface area contributed by atoms with Gasteiger partial charge in [0.25, 0.3) is 0 Å². The van der Waals surface area contributed by atoms with Gasteiger partial charge in [-0.25, -0.2) is 0 Å². The van der Waals surface area contributed by atoms with Crippen molar-refractivity contribution in [2.75, 3.05) is 12.9 Å². The van der Waals surface area contributed by atoms with Gasteiger partial charge in [-0.15, -0.1) is 0 Å². The Balaban J connectivity index is 1.89. The maximum Gasteiger partial charge on any atom is 0.118 e. The number of nitrogens with zero attached hydrogens (tertiary/aromatic N) is 1. The predicted octanol–water partition coefficient (Wildman–Crippen LogP) is 3.20. The van der Waals surface area contributed by atoms with Gasteiger partial charge in [0.2, 0.25) is 0 Å². The van der Waals surface area contributed by atoms with Gasteiger partial charge in [-0.3, -0.25) is 9.19 Å². The van der Waals surface area contributed by atoms with Gasteiger partial charge in [-0.1, -0.05) is 18.2 Å². The van der Waals surface area contributed by atoms with Gasteiger partial charge in [-0.05, 0) is 49.6 Å². The fourth-order valence-corrected chi connectivity index (χ4v) is 3.40. The monoisotopic (exact) mass is 303 g/mol. The average molecular weight is 303 g/mol. The number of benzene rings is 1. The average Bonchev–Trinajstić information content (AvgIpc) is 2.48. The molecule has 0 aliphatic carbocycles. The molecular weight excluding hydrogens is 282 g/mol. The van der Waals surface area contributed by atoms with Gasteiger partial charge in [0.05, 0.1) is 12.9 Å². The normalized spacial score (nSPS) is 12.1. The van der Waals surface area contributed by atoms with Crippen LogP contribution in [0, 0.1) is 13.8 Å². The highest BCUT2D eigenvalue weighted by molar-refractivity contribution is 7.84. The molecule has 0 bridgehead atoms. The van der Waals surface area contributed by atoms with Gasteiger partial charge in [0.1, 0.15) is 5.75 Å². The molecule has 2 aromatic rings. The highest BCUT2D eigenvalue weighted by Gasteiger charge is 2.06. The second kappa shape index (κ2) is 7.36. The second-order valence-electron chi connectivity index (χ2n) is 5.08. The molecule has 112 valence electrons. The number of hydrogen-bond acceptors (Lipinski definition) is 3. The molecule has 2 rings (SSSR count). The molecular formula is C17H21NO2S. The van der Waals surface area contributed by atoms with Crippen molar-refractivity contribution in [3.8, 4) is 5.75 Å². The number of rotatable bonds is 6. The Morgan fingerprint density at radius 2 is 1.81 bits per heavy atom. The van der Waals surface area contributed by atoms with Crippen molar-refractivity contribution in [1.82, 2.24) is 4.98 Å². The number of aryl methyl sites for hydroxylation is 3. The van der Waals surface area contributed by atoms with Crippen molar-refractivity contribution in [3.63, 3.8) is 0 Å². The van der Waals surface area contributed by atoms with Gasteiger partial charge in [0.15, 0.2) is 0 Å². The Labute approximate surface area is 128 Å². The van der Waals surface area contributed by atoms with Crippen molar-refractivity contribution in [2.24, 2.45) is 0 Å². The number of ether oxygens (including phenoxy) is 1. The molecule has 1 heterocycles. The third kappa shape index (κ3) is 4.67. The molecule has 0 unspecified atom stereocenters. The number of hydrogen-bond donors (Lipinski definition) is 0. The summed E-state index contributed by atoms with van der Waals surface area (Å²) >= 11 is 0. The summed E-state index contributed by atoms with van der Waals surface area (Å²) in [5.41, 5.74) is 4.24. The summed E-state index contributed by atoms with van der Waals surface area (Å²) in [6.07, 6.45) is 0.814. The van der Waals surface area contributed by atoms with Crippen LogP contribution in [0.3, 0.4) is 0 Å². The molecule has 0 saturated heterocycles. The van der Waals surface area contributed by atoms with E-state index in [1.807, 2.05) is 50.2 Å². The van der Waals surface area contributed by atoms with Crippen LogP contribution in [-0.2, 0) is 23.0 Å². The summed E-state index contributed by atoms with van der Waals surface area (Å²) in [5, 5.41) is 0. The Morgan fingerprint density at radius 1 is 1.10 bits per heavy atom. The molecule has 1 aromatic heterocycles.